The van der Waals surface area contributed by atoms with E-state index in [1.165, 1.54) is 12.1 Å². The Morgan fingerprint density at radius 2 is 1.50 bits per heavy atom. The SMILES string of the molecule is O=C1NC(=O)c2ccccc2/C1=C/c1ccccc1F. The van der Waals surface area contributed by atoms with Crippen LogP contribution in [0.3, 0.4) is 0 Å². The van der Waals surface area contributed by atoms with Crippen LogP contribution in [0.1, 0.15) is 21.5 Å². The summed E-state index contributed by atoms with van der Waals surface area (Å²) in [6.45, 7) is 0. The molecule has 0 aliphatic carbocycles. The van der Waals surface area contributed by atoms with Crippen LogP contribution in [-0.2, 0) is 4.79 Å². The van der Waals surface area contributed by atoms with Crippen molar-refractivity contribution in [2.24, 2.45) is 0 Å². The van der Waals surface area contributed by atoms with Gasteiger partial charge in [0.2, 0.25) is 0 Å². The molecule has 4 heteroatoms. The van der Waals surface area contributed by atoms with Crippen molar-refractivity contribution in [2.45, 2.75) is 0 Å². The third-order valence-electron chi connectivity index (χ3n) is 3.14. The van der Waals surface area contributed by atoms with Crippen LogP contribution in [0.5, 0.6) is 0 Å². The third kappa shape index (κ3) is 2.01. The molecule has 0 saturated heterocycles. The van der Waals surface area contributed by atoms with Crippen molar-refractivity contribution in [1.29, 1.82) is 0 Å². The standard InChI is InChI=1S/C16H10FNO2/c17-14-8-4-1-5-10(14)9-13-11-6-2-3-7-12(11)15(19)18-16(13)20/h1-9H,(H,18,19,20)/b13-9-. The van der Waals surface area contributed by atoms with E-state index in [9.17, 15) is 14.0 Å². The highest BCUT2D eigenvalue weighted by molar-refractivity contribution is 6.33. The number of hydrogen-bond acceptors (Lipinski definition) is 2. The van der Waals surface area contributed by atoms with E-state index in [0.717, 1.165) is 0 Å². The largest absolute Gasteiger partial charge is 0.288 e. The first-order valence-corrected chi connectivity index (χ1v) is 6.08. The molecule has 3 rings (SSSR count). The number of hydrogen-bond donors (Lipinski definition) is 1. The van der Waals surface area contributed by atoms with Gasteiger partial charge in [-0.2, -0.15) is 0 Å². The lowest BCUT2D eigenvalue weighted by Gasteiger charge is -2.18. The lowest BCUT2D eigenvalue weighted by molar-refractivity contribution is -0.114. The molecule has 0 fully saturated rings. The van der Waals surface area contributed by atoms with Gasteiger partial charge in [-0.1, -0.05) is 36.4 Å². The highest BCUT2D eigenvalue weighted by Crippen LogP contribution is 2.26. The molecule has 98 valence electrons. The molecule has 20 heavy (non-hydrogen) atoms. The van der Waals surface area contributed by atoms with Gasteiger partial charge in [0.15, 0.2) is 0 Å². The molecule has 0 aromatic heterocycles. The monoisotopic (exact) mass is 267 g/mol. The number of fused-ring (bicyclic) bond motifs is 1. The minimum Gasteiger partial charge on any atom is -0.288 e. The zero-order valence-electron chi connectivity index (χ0n) is 10.4. The van der Waals surface area contributed by atoms with Gasteiger partial charge < -0.3 is 0 Å². The zero-order valence-corrected chi connectivity index (χ0v) is 10.4. The number of carbonyl (C=O) groups is 2. The van der Waals surface area contributed by atoms with E-state index in [2.05, 4.69) is 5.32 Å². The van der Waals surface area contributed by atoms with Crippen LogP contribution in [0.2, 0.25) is 0 Å². The van der Waals surface area contributed by atoms with Crippen molar-refractivity contribution in [3.63, 3.8) is 0 Å². The van der Waals surface area contributed by atoms with E-state index in [0.29, 0.717) is 16.7 Å². The summed E-state index contributed by atoms with van der Waals surface area (Å²) in [7, 11) is 0. The predicted octanol–water partition coefficient (Wildman–Crippen LogP) is 2.64. The summed E-state index contributed by atoms with van der Waals surface area (Å²) in [6.07, 6.45) is 1.45. The van der Waals surface area contributed by atoms with Gasteiger partial charge in [-0.25, -0.2) is 4.39 Å². The normalized spacial score (nSPS) is 15.9. The molecule has 2 aromatic rings. The summed E-state index contributed by atoms with van der Waals surface area (Å²) in [5.41, 5.74) is 1.52. The molecule has 0 saturated carbocycles. The van der Waals surface area contributed by atoms with Crippen molar-refractivity contribution >= 4 is 23.5 Å². The predicted molar refractivity (Wildman–Crippen MR) is 73.2 cm³/mol. The van der Waals surface area contributed by atoms with Crippen LogP contribution in [-0.4, -0.2) is 11.8 Å². The van der Waals surface area contributed by atoms with E-state index in [-0.39, 0.29) is 5.57 Å². The number of nitrogens with one attached hydrogen (secondary N) is 1. The van der Waals surface area contributed by atoms with Gasteiger partial charge in [0.05, 0.1) is 0 Å². The average molecular weight is 267 g/mol. The van der Waals surface area contributed by atoms with Gasteiger partial charge in [-0.15, -0.1) is 0 Å². The van der Waals surface area contributed by atoms with Crippen molar-refractivity contribution in [3.05, 3.63) is 71.0 Å². The molecule has 0 bridgehead atoms. The molecule has 0 atom stereocenters. The smallest absolute Gasteiger partial charge is 0.258 e. The lowest BCUT2D eigenvalue weighted by Crippen LogP contribution is -2.36. The number of imide groups is 1. The van der Waals surface area contributed by atoms with Crippen molar-refractivity contribution in [1.82, 2.24) is 5.32 Å². The fourth-order valence-electron chi connectivity index (χ4n) is 2.17. The molecule has 0 radical (unpaired) electrons. The van der Waals surface area contributed by atoms with E-state index in [4.69, 9.17) is 0 Å². The van der Waals surface area contributed by atoms with Crippen LogP contribution >= 0.6 is 0 Å². The highest BCUT2D eigenvalue weighted by Gasteiger charge is 2.26. The van der Waals surface area contributed by atoms with Crippen LogP contribution in [0.25, 0.3) is 11.6 Å². The number of carbonyl (C=O) groups excluding carboxylic acids is 2. The van der Waals surface area contributed by atoms with E-state index >= 15 is 0 Å². The summed E-state index contributed by atoms with van der Waals surface area (Å²) >= 11 is 0. The Balaban J connectivity index is 2.19. The Labute approximate surface area is 114 Å². The summed E-state index contributed by atoms with van der Waals surface area (Å²) in [4.78, 5) is 23.7. The molecular weight excluding hydrogens is 257 g/mol. The second-order valence-electron chi connectivity index (χ2n) is 4.41. The third-order valence-corrected chi connectivity index (χ3v) is 3.14. The maximum atomic E-state index is 13.7. The molecule has 0 spiro atoms. The molecule has 2 aromatic carbocycles. The lowest BCUT2D eigenvalue weighted by atomic mass is 9.93. The first kappa shape index (κ1) is 12.3. The highest BCUT2D eigenvalue weighted by atomic mass is 19.1. The maximum absolute atomic E-state index is 13.7. The van der Waals surface area contributed by atoms with Crippen LogP contribution in [0.15, 0.2) is 48.5 Å². The number of amides is 2. The Morgan fingerprint density at radius 1 is 0.850 bits per heavy atom. The van der Waals surface area contributed by atoms with Gasteiger partial charge in [0.25, 0.3) is 11.8 Å². The van der Waals surface area contributed by atoms with Gasteiger partial charge in [0.1, 0.15) is 5.82 Å². The molecule has 1 N–H and O–H groups in total. The van der Waals surface area contributed by atoms with Crippen LogP contribution in [0, 0.1) is 5.82 Å². The molecule has 2 amide bonds. The van der Waals surface area contributed by atoms with Gasteiger partial charge in [-0.3, -0.25) is 14.9 Å². The fraction of sp³-hybridized carbons (Fsp3) is 0. The minimum atomic E-state index is -0.517. The Morgan fingerprint density at radius 3 is 2.25 bits per heavy atom. The fourth-order valence-corrected chi connectivity index (χ4v) is 2.17. The topological polar surface area (TPSA) is 46.2 Å². The first-order valence-electron chi connectivity index (χ1n) is 6.08. The maximum Gasteiger partial charge on any atom is 0.258 e. The van der Waals surface area contributed by atoms with Crippen LogP contribution < -0.4 is 5.32 Å². The molecule has 0 unspecified atom stereocenters. The minimum absolute atomic E-state index is 0.283. The second-order valence-corrected chi connectivity index (χ2v) is 4.41. The Bertz CT molecular complexity index is 750. The van der Waals surface area contributed by atoms with Crippen molar-refractivity contribution in [2.75, 3.05) is 0 Å². The average Bonchev–Trinajstić information content (AvgIpc) is 2.45. The molecule has 3 nitrogen and oxygen atoms in total. The molecular formula is C16H10FNO2. The second kappa shape index (κ2) is 4.74. The summed E-state index contributed by atoms with van der Waals surface area (Å²) in [6, 6.07) is 12.9. The zero-order chi connectivity index (χ0) is 14.1. The number of benzene rings is 2. The van der Waals surface area contributed by atoms with Crippen molar-refractivity contribution in [3.8, 4) is 0 Å². The molecule has 1 heterocycles. The van der Waals surface area contributed by atoms with E-state index in [1.54, 1.807) is 42.5 Å². The van der Waals surface area contributed by atoms with E-state index in [1.807, 2.05) is 0 Å². The number of halogens is 1. The first-order chi connectivity index (χ1) is 9.66. The molecule has 1 aliphatic rings. The van der Waals surface area contributed by atoms with Gasteiger partial charge in [-0.05, 0) is 23.8 Å². The van der Waals surface area contributed by atoms with Crippen LogP contribution in [0.4, 0.5) is 4.39 Å². The van der Waals surface area contributed by atoms with E-state index < -0.39 is 17.6 Å². The Hall–Kier alpha value is -2.75. The van der Waals surface area contributed by atoms with Crippen molar-refractivity contribution < 1.29 is 14.0 Å². The quantitative estimate of drug-likeness (QED) is 0.637. The summed E-state index contributed by atoms with van der Waals surface area (Å²) < 4.78 is 13.7. The summed E-state index contributed by atoms with van der Waals surface area (Å²) in [5, 5.41) is 2.26. The number of rotatable bonds is 1. The van der Waals surface area contributed by atoms with Gasteiger partial charge >= 0.3 is 0 Å². The van der Waals surface area contributed by atoms with Gasteiger partial charge in [0, 0.05) is 16.7 Å². The Kier molecular flexibility index (Phi) is 2.91. The molecule has 1 aliphatic heterocycles. The summed E-state index contributed by atoms with van der Waals surface area (Å²) in [5.74, 6) is -1.37.